The number of aryl methyl sites for hydroxylation is 3. The summed E-state index contributed by atoms with van der Waals surface area (Å²) in [6.45, 7) is 3.71. The van der Waals surface area contributed by atoms with Crippen LogP contribution in [0.2, 0.25) is 0 Å². The number of fused-ring (bicyclic) bond motifs is 1. The largest absolute Gasteiger partial charge is 0.465 e. The Balaban J connectivity index is 1.37. The fraction of sp³-hybridized carbons (Fsp3) is 0.208. The maximum absolute atomic E-state index is 12.5. The van der Waals surface area contributed by atoms with Gasteiger partial charge in [0, 0.05) is 24.6 Å². The third kappa shape index (κ3) is 5.19. The van der Waals surface area contributed by atoms with Crippen molar-refractivity contribution in [2.24, 2.45) is 0 Å². The van der Waals surface area contributed by atoms with Gasteiger partial charge < -0.3 is 20.0 Å². The van der Waals surface area contributed by atoms with Crippen LogP contribution in [0.4, 0.5) is 5.69 Å². The number of carbonyl (C=O) groups excluding carboxylic acids is 2. The highest BCUT2D eigenvalue weighted by Gasteiger charge is 2.10. The number of carbonyl (C=O) groups is 2. The van der Waals surface area contributed by atoms with Gasteiger partial charge in [0.05, 0.1) is 17.6 Å². The molecule has 0 radical (unpaired) electrons. The second kappa shape index (κ2) is 8.87. The lowest BCUT2D eigenvalue weighted by Gasteiger charge is -2.04. The molecule has 2 heterocycles. The van der Waals surface area contributed by atoms with Gasteiger partial charge in [-0.2, -0.15) is 0 Å². The Morgan fingerprint density at radius 3 is 2.55 bits per heavy atom. The predicted molar refractivity (Wildman–Crippen MR) is 119 cm³/mol. The van der Waals surface area contributed by atoms with Gasteiger partial charge in [0.1, 0.15) is 17.3 Å². The van der Waals surface area contributed by atoms with Gasteiger partial charge in [0.15, 0.2) is 0 Å². The van der Waals surface area contributed by atoms with Crippen molar-refractivity contribution in [2.45, 2.75) is 33.2 Å². The zero-order valence-corrected chi connectivity index (χ0v) is 17.5. The van der Waals surface area contributed by atoms with Crippen molar-refractivity contribution in [3.63, 3.8) is 0 Å². The van der Waals surface area contributed by atoms with Gasteiger partial charge in [0.25, 0.3) is 5.91 Å². The summed E-state index contributed by atoms with van der Waals surface area (Å²) in [5.74, 6) is 2.16. The van der Waals surface area contributed by atoms with E-state index >= 15 is 0 Å². The highest BCUT2D eigenvalue weighted by molar-refractivity contribution is 5.97. The molecule has 0 bridgehead atoms. The summed E-state index contributed by atoms with van der Waals surface area (Å²) >= 11 is 0. The molecule has 31 heavy (non-hydrogen) atoms. The molecule has 0 fully saturated rings. The van der Waals surface area contributed by atoms with Gasteiger partial charge in [-0.3, -0.25) is 9.59 Å². The highest BCUT2D eigenvalue weighted by Crippen LogP contribution is 2.16. The van der Waals surface area contributed by atoms with Crippen LogP contribution in [0, 0.1) is 6.92 Å². The molecule has 0 aliphatic carbocycles. The lowest BCUT2D eigenvalue weighted by atomic mass is 10.1. The molecule has 2 amide bonds. The van der Waals surface area contributed by atoms with Gasteiger partial charge in [-0.05, 0) is 61.4 Å². The zero-order chi connectivity index (χ0) is 21.8. The summed E-state index contributed by atoms with van der Waals surface area (Å²) in [5.41, 5.74) is 4.17. The van der Waals surface area contributed by atoms with Gasteiger partial charge in [-0.15, -0.1) is 0 Å². The van der Waals surface area contributed by atoms with Crippen molar-refractivity contribution in [3.05, 3.63) is 83.1 Å². The SMILES string of the molecule is CC(=O)Nc1ccc(CCc2nc3ccc(C(=O)NCc4ccc(C)o4)cc3[nH]2)cc1. The number of nitrogens with zero attached hydrogens (tertiary/aromatic N) is 1. The van der Waals surface area contributed by atoms with Crippen LogP contribution >= 0.6 is 0 Å². The Morgan fingerprint density at radius 1 is 1.03 bits per heavy atom. The van der Waals surface area contributed by atoms with Crippen LogP contribution in [0.3, 0.4) is 0 Å². The Bertz CT molecular complexity index is 1220. The molecule has 4 aromatic rings. The van der Waals surface area contributed by atoms with E-state index in [1.165, 1.54) is 6.92 Å². The van der Waals surface area contributed by atoms with E-state index in [1.54, 1.807) is 6.07 Å². The van der Waals surface area contributed by atoms with Crippen LogP contribution in [-0.2, 0) is 24.2 Å². The number of rotatable bonds is 7. The molecule has 0 saturated carbocycles. The lowest BCUT2D eigenvalue weighted by Crippen LogP contribution is -2.22. The van der Waals surface area contributed by atoms with E-state index in [2.05, 4.69) is 20.6 Å². The highest BCUT2D eigenvalue weighted by atomic mass is 16.3. The fourth-order valence-corrected chi connectivity index (χ4v) is 3.39. The summed E-state index contributed by atoms with van der Waals surface area (Å²) < 4.78 is 5.48. The van der Waals surface area contributed by atoms with E-state index < -0.39 is 0 Å². The molecule has 0 unspecified atom stereocenters. The van der Waals surface area contributed by atoms with Gasteiger partial charge in [-0.25, -0.2) is 4.98 Å². The summed E-state index contributed by atoms with van der Waals surface area (Å²) in [6, 6.07) is 16.9. The smallest absolute Gasteiger partial charge is 0.251 e. The average Bonchev–Trinajstić information content (AvgIpc) is 3.36. The standard InChI is InChI=1S/C24H24N4O3/c1-15-3-10-20(31-15)14-25-24(30)18-7-11-21-22(13-18)28-23(27-21)12-6-17-4-8-19(9-5-17)26-16(2)29/h3-5,7-11,13H,6,12,14H2,1-2H3,(H,25,30)(H,26,29)(H,27,28). The van der Waals surface area contributed by atoms with Gasteiger partial charge in [-0.1, -0.05) is 12.1 Å². The number of H-pyrrole nitrogens is 1. The van der Waals surface area contributed by atoms with Crippen molar-refractivity contribution in [2.75, 3.05) is 5.32 Å². The molecule has 2 aromatic carbocycles. The Kier molecular flexibility index (Phi) is 5.84. The number of aromatic nitrogens is 2. The summed E-state index contributed by atoms with van der Waals surface area (Å²) in [4.78, 5) is 31.5. The summed E-state index contributed by atoms with van der Waals surface area (Å²) in [5, 5.41) is 5.63. The second-order valence-electron chi connectivity index (χ2n) is 7.49. The van der Waals surface area contributed by atoms with Crippen molar-refractivity contribution >= 4 is 28.5 Å². The maximum Gasteiger partial charge on any atom is 0.251 e. The number of anilines is 1. The normalized spacial score (nSPS) is 10.9. The number of furan rings is 1. The number of amides is 2. The number of hydrogen-bond donors (Lipinski definition) is 3. The fourth-order valence-electron chi connectivity index (χ4n) is 3.39. The van der Waals surface area contributed by atoms with E-state index in [1.807, 2.05) is 55.5 Å². The first-order valence-electron chi connectivity index (χ1n) is 10.1. The van der Waals surface area contributed by atoms with Crippen LogP contribution in [0.5, 0.6) is 0 Å². The molecular weight excluding hydrogens is 392 g/mol. The van der Waals surface area contributed by atoms with Crippen LogP contribution in [0.15, 0.2) is 59.0 Å². The third-order valence-electron chi connectivity index (χ3n) is 4.94. The van der Waals surface area contributed by atoms with E-state index in [0.29, 0.717) is 12.1 Å². The molecule has 0 spiro atoms. The number of aromatic amines is 1. The number of hydrogen-bond acceptors (Lipinski definition) is 4. The first kappa shape index (κ1) is 20.4. The van der Waals surface area contributed by atoms with E-state index in [4.69, 9.17) is 4.42 Å². The first-order valence-corrected chi connectivity index (χ1v) is 10.1. The quantitative estimate of drug-likeness (QED) is 0.422. The van der Waals surface area contributed by atoms with Gasteiger partial charge in [0.2, 0.25) is 5.91 Å². The van der Waals surface area contributed by atoms with Crippen LogP contribution in [0.1, 0.15) is 40.2 Å². The molecule has 7 heteroatoms. The molecular formula is C24H24N4O3. The lowest BCUT2D eigenvalue weighted by molar-refractivity contribution is -0.114. The Labute approximate surface area is 179 Å². The molecule has 2 aromatic heterocycles. The Hall–Kier alpha value is -3.87. The van der Waals surface area contributed by atoms with Crippen LogP contribution < -0.4 is 10.6 Å². The van der Waals surface area contributed by atoms with Crippen molar-refractivity contribution in [1.82, 2.24) is 15.3 Å². The molecule has 7 nitrogen and oxygen atoms in total. The number of benzene rings is 2. The third-order valence-corrected chi connectivity index (χ3v) is 4.94. The Morgan fingerprint density at radius 2 is 1.84 bits per heavy atom. The van der Waals surface area contributed by atoms with Crippen LogP contribution in [0.25, 0.3) is 11.0 Å². The summed E-state index contributed by atoms with van der Waals surface area (Å²) in [6.07, 6.45) is 1.56. The predicted octanol–water partition coefficient (Wildman–Crippen LogP) is 4.14. The summed E-state index contributed by atoms with van der Waals surface area (Å²) in [7, 11) is 0. The molecule has 4 rings (SSSR count). The molecule has 3 N–H and O–H groups in total. The molecule has 0 saturated heterocycles. The van der Waals surface area contributed by atoms with E-state index in [0.717, 1.165) is 52.5 Å². The molecule has 158 valence electrons. The minimum Gasteiger partial charge on any atom is -0.465 e. The monoisotopic (exact) mass is 416 g/mol. The molecule has 0 atom stereocenters. The minimum absolute atomic E-state index is 0.0841. The molecule has 0 aliphatic rings. The van der Waals surface area contributed by atoms with E-state index in [9.17, 15) is 9.59 Å². The van der Waals surface area contributed by atoms with Crippen molar-refractivity contribution in [3.8, 4) is 0 Å². The number of imidazole rings is 1. The maximum atomic E-state index is 12.5. The van der Waals surface area contributed by atoms with Crippen LogP contribution in [-0.4, -0.2) is 21.8 Å². The van der Waals surface area contributed by atoms with Gasteiger partial charge >= 0.3 is 0 Å². The average molecular weight is 416 g/mol. The second-order valence-corrected chi connectivity index (χ2v) is 7.49. The van der Waals surface area contributed by atoms with E-state index in [-0.39, 0.29) is 11.8 Å². The minimum atomic E-state index is -0.161. The molecule has 0 aliphatic heterocycles. The zero-order valence-electron chi connectivity index (χ0n) is 17.5. The van der Waals surface area contributed by atoms with Crippen molar-refractivity contribution in [1.29, 1.82) is 0 Å². The topological polar surface area (TPSA) is 100 Å². The first-order chi connectivity index (χ1) is 15.0. The van der Waals surface area contributed by atoms with Crippen molar-refractivity contribution < 1.29 is 14.0 Å². The number of nitrogens with one attached hydrogen (secondary N) is 3.